The van der Waals surface area contributed by atoms with Crippen LogP contribution in [-0.2, 0) is 0 Å². The number of aromatic nitrogens is 3. The van der Waals surface area contributed by atoms with Gasteiger partial charge in [-0.25, -0.2) is 4.79 Å². The molecule has 0 fully saturated rings. The maximum atomic E-state index is 12.2. The van der Waals surface area contributed by atoms with Crippen molar-refractivity contribution in [1.82, 2.24) is 14.8 Å². The highest BCUT2D eigenvalue weighted by molar-refractivity contribution is 6.33. The fourth-order valence-corrected chi connectivity index (χ4v) is 2.74. The minimum atomic E-state index is -0.414. The summed E-state index contributed by atoms with van der Waals surface area (Å²) < 4.78 is 7.10. The van der Waals surface area contributed by atoms with Gasteiger partial charge in [0.2, 0.25) is 0 Å². The van der Waals surface area contributed by atoms with Gasteiger partial charge in [0.05, 0.1) is 10.6 Å². The zero-order valence-electron chi connectivity index (χ0n) is 11.8. The Morgan fingerprint density at radius 2 is 1.74 bits per heavy atom. The Hall–Kier alpha value is -2.92. The molecule has 4 rings (SSSR count). The molecule has 0 spiro atoms. The largest absolute Gasteiger partial charge is 0.422 e. The lowest BCUT2D eigenvalue weighted by molar-refractivity contribution is 0.563. The molecule has 0 saturated heterocycles. The van der Waals surface area contributed by atoms with Crippen LogP contribution >= 0.6 is 11.6 Å². The van der Waals surface area contributed by atoms with Gasteiger partial charge in [-0.3, -0.25) is 4.57 Å². The average Bonchev–Trinajstić information content (AvgIpc) is 3.09. The van der Waals surface area contributed by atoms with Crippen molar-refractivity contribution >= 4 is 22.6 Å². The third kappa shape index (κ3) is 2.41. The molecule has 23 heavy (non-hydrogen) atoms. The zero-order valence-corrected chi connectivity index (χ0v) is 12.6. The fraction of sp³-hybridized carbons (Fsp3) is 0. The second-order valence-electron chi connectivity index (χ2n) is 5.02. The Labute approximate surface area is 135 Å². The monoisotopic (exact) mass is 323 g/mol. The van der Waals surface area contributed by atoms with Gasteiger partial charge in [0.15, 0.2) is 0 Å². The molecule has 0 unspecified atom stereocenters. The summed E-state index contributed by atoms with van der Waals surface area (Å²) in [5.74, 6) is 0. The van der Waals surface area contributed by atoms with Crippen LogP contribution in [0.25, 0.3) is 27.8 Å². The predicted molar refractivity (Wildman–Crippen MR) is 87.8 cm³/mol. The van der Waals surface area contributed by atoms with Gasteiger partial charge < -0.3 is 4.42 Å². The summed E-state index contributed by atoms with van der Waals surface area (Å²) in [7, 11) is 0. The smallest absolute Gasteiger partial charge is 0.344 e. The number of para-hydroxylation sites is 1. The SMILES string of the molecule is O=c1oc2ccccc2cc1-c1ccc(-n2cnnc2)cc1Cl. The second kappa shape index (κ2) is 5.37. The molecule has 112 valence electrons. The number of nitrogens with zero attached hydrogens (tertiary/aromatic N) is 3. The van der Waals surface area contributed by atoms with Gasteiger partial charge in [-0.2, -0.15) is 0 Å². The number of benzene rings is 2. The Balaban J connectivity index is 1.88. The summed E-state index contributed by atoms with van der Waals surface area (Å²) in [5.41, 5.74) is 2.02. The molecule has 0 aliphatic carbocycles. The van der Waals surface area contributed by atoms with Gasteiger partial charge in [-0.15, -0.1) is 10.2 Å². The van der Waals surface area contributed by atoms with E-state index in [0.29, 0.717) is 21.7 Å². The number of hydrogen-bond acceptors (Lipinski definition) is 4. The van der Waals surface area contributed by atoms with Gasteiger partial charge in [0, 0.05) is 16.6 Å². The molecule has 2 aromatic heterocycles. The van der Waals surface area contributed by atoms with E-state index in [2.05, 4.69) is 10.2 Å². The molecule has 0 aliphatic heterocycles. The minimum Gasteiger partial charge on any atom is -0.422 e. The predicted octanol–water partition coefficient (Wildman–Crippen LogP) is 3.69. The lowest BCUT2D eigenvalue weighted by Gasteiger charge is -2.07. The molecule has 2 aromatic carbocycles. The van der Waals surface area contributed by atoms with E-state index in [4.69, 9.17) is 16.0 Å². The van der Waals surface area contributed by atoms with Crippen LogP contribution in [-0.4, -0.2) is 14.8 Å². The van der Waals surface area contributed by atoms with Gasteiger partial charge in [-0.05, 0) is 24.3 Å². The Kier molecular flexibility index (Phi) is 3.20. The van der Waals surface area contributed by atoms with Crippen LogP contribution in [0.5, 0.6) is 0 Å². The second-order valence-corrected chi connectivity index (χ2v) is 5.43. The molecule has 0 saturated carbocycles. The van der Waals surface area contributed by atoms with E-state index in [1.54, 1.807) is 41.5 Å². The number of fused-ring (bicyclic) bond motifs is 1. The Morgan fingerprint density at radius 3 is 2.52 bits per heavy atom. The van der Waals surface area contributed by atoms with Crippen molar-refractivity contribution in [2.75, 3.05) is 0 Å². The van der Waals surface area contributed by atoms with E-state index in [9.17, 15) is 4.79 Å². The van der Waals surface area contributed by atoms with E-state index in [0.717, 1.165) is 11.1 Å². The first-order valence-electron chi connectivity index (χ1n) is 6.90. The van der Waals surface area contributed by atoms with Gasteiger partial charge in [-0.1, -0.05) is 35.9 Å². The summed E-state index contributed by atoms with van der Waals surface area (Å²) in [4.78, 5) is 12.2. The van der Waals surface area contributed by atoms with Crippen molar-refractivity contribution in [3.05, 3.63) is 76.6 Å². The molecule has 2 heterocycles. The van der Waals surface area contributed by atoms with Crippen molar-refractivity contribution in [2.24, 2.45) is 0 Å². The van der Waals surface area contributed by atoms with Crippen LogP contribution in [0.3, 0.4) is 0 Å². The van der Waals surface area contributed by atoms with Crippen LogP contribution < -0.4 is 5.63 Å². The third-order valence-electron chi connectivity index (χ3n) is 3.60. The third-order valence-corrected chi connectivity index (χ3v) is 3.91. The summed E-state index contributed by atoms with van der Waals surface area (Å²) in [6.07, 6.45) is 3.16. The van der Waals surface area contributed by atoms with Crippen LogP contribution in [0.15, 0.2) is 70.4 Å². The van der Waals surface area contributed by atoms with E-state index < -0.39 is 5.63 Å². The lowest BCUT2D eigenvalue weighted by atomic mass is 10.1. The summed E-state index contributed by atoms with van der Waals surface area (Å²) in [6.45, 7) is 0. The molecule has 4 aromatic rings. The molecule has 6 heteroatoms. The zero-order chi connectivity index (χ0) is 15.8. The molecule has 5 nitrogen and oxygen atoms in total. The van der Waals surface area contributed by atoms with E-state index in [-0.39, 0.29) is 0 Å². The molecule has 0 aliphatic rings. The van der Waals surface area contributed by atoms with Crippen LogP contribution in [0.2, 0.25) is 5.02 Å². The first-order chi connectivity index (χ1) is 11.2. The van der Waals surface area contributed by atoms with Crippen molar-refractivity contribution in [3.63, 3.8) is 0 Å². The minimum absolute atomic E-state index is 0.414. The van der Waals surface area contributed by atoms with Crippen molar-refractivity contribution in [2.45, 2.75) is 0 Å². The van der Waals surface area contributed by atoms with Gasteiger partial charge >= 0.3 is 5.63 Å². The van der Waals surface area contributed by atoms with Gasteiger partial charge in [0.1, 0.15) is 18.2 Å². The quantitative estimate of drug-likeness (QED) is 0.528. The molecular weight excluding hydrogens is 314 g/mol. The maximum Gasteiger partial charge on any atom is 0.344 e. The summed E-state index contributed by atoms with van der Waals surface area (Å²) in [6, 6.07) is 14.6. The first-order valence-corrected chi connectivity index (χ1v) is 7.28. The first kappa shape index (κ1) is 13.7. The van der Waals surface area contributed by atoms with Crippen molar-refractivity contribution in [3.8, 4) is 16.8 Å². The van der Waals surface area contributed by atoms with Crippen LogP contribution in [0.1, 0.15) is 0 Å². The summed E-state index contributed by atoms with van der Waals surface area (Å²) in [5, 5.41) is 8.83. The number of rotatable bonds is 2. The van der Waals surface area contributed by atoms with E-state index in [1.165, 1.54) is 0 Å². The standard InChI is InChI=1S/C17H10ClN3O2/c18-15-8-12(21-9-19-20-10-21)5-6-13(15)14-7-11-3-1-2-4-16(11)23-17(14)22/h1-10H. The highest BCUT2D eigenvalue weighted by Crippen LogP contribution is 2.29. The number of halogens is 1. The van der Waals surface area contributed by atoms with Crippen LogP contribution in [0.4, 0.5) is 0 Å². The number of hydrogen-bond donors (Lipinski definition) is 0. The Bertz CT molecular complexity index is 1060. The topological polar surface area (TPSA) is 60.9 Å². The van der Waals surface area contributed by atoms with Crippen LogP contribution in [0, 0.1) is 0 Å². The highest BCUT2D eigenvalue weighted by Gasteiger charge is 2.12. The van der Waals surface area contributed by atoms with Crippen molar-refractivity contribution < 1.29 is 4.42 Å². The summed E-state index contributed by atoms with van der Waals surface area (Å²) >= 11 is 6.37. The highest BCUT2D eigenvalue weighted by atomic mass is 35.5. The van der Waals surface area contributed by atoms with E-state index >= 15 is 0 Å². The maximum absolute atomic E-state index is 12.2. The average molecular weight is 324 g/mol. The molecule has 0 N–H and O–H groups in total. The Morgan fingerprint density at radius 1 is 0.957 bits per heavy atom. The molecule has 0 amide bonds. The molecule has 0 bridgehead atoms. The molecular formula is C17H10ClN3O2. The normalized spacial score (nSPS) is 11.0. The molecule has 0 radical (unpaired) electrons. The molecule has 0 atom stereocenters. The lowest BCUT2D eigenvalue weighted by Crippen LogP contribution is -2.03. The fourth-order valence-electron chi connectivity index (χ4n) is 2.47. The van der Waals surface area contributed by atoms with E-state index in [1.807, 2.05) is 24.3 Å². The van der Waals surface area contributed by atoms with Crippen molar-refractivity contribution in [1.29, 1.82) is 0 Å². The van der Waals surface area contributed by atoms with Gasteiger partial charge in [0.25, 0.3) is 0 Å².